The maximum atomic E-state index is 12.1. The molecule has 1 aliphatic heterocycles. The lowest BCUT2D eigenvalue weighted by molar-refractivity contribution is -0.142. The number of carboxylic acids is 1. The minimum absolute atomic E-state index is 0.140. The maximum Gasteiger partial charge on any atom is 0.413 e. The van der Waals surface area contributed by atoms with Gasteiger partial charge in [-0.1, -0.05) is 13.8 Å². The molecule has 0 bridgehead atoms. The maximum absolute atomic E-state index is 12.1. The number of rotatable bonds is 2. The van der Waals surface area contributed by atoms with Crippen molar-refractivity contribution in [2.45, 2.75) is 52.5 Å². The minimum atomic E-state index is -2.14. The van der Waals surface area contributed by atoms with Crippen LogP contribution in [0.25, 0.3) is 0 Å². The van der Waals surface area contributed by atoms with E-state index in [1.165, 1.54) is 0 Å². The molecule has 0 aromatic rings. The second-order valence-corrected chi connectivity index (χ2v) is 5.55. The number of hydrogen-bond donors (Lipinski definition) is 1. The number of amides is 1. The Morgan fingerprint density at radius 2 is 2.06 bits per heavy atom. The van der Waals surface area contributed by atoms with Crippen LogP contribution in [0.3, 0.4) is 0 Å². The van der Waals surface area contributed by atoms with Crippen LogP contribution in [0.15, 0.2) is 0 Å². The molecular weight excluding hydrogens is 238 g/mol. The largest absolute Gasteiger partial charge is 0.480 e. The van der Waals surface area contributed by atoms with E-state index in [0.717, 1.165) is 4.90 Å². The van der Waals surface area contributed by atoms with Gasteiger partial charge >= 0.3 is 12.1 Å². The molecule has 0 radical (unpaired) electrons. The van der Waals surface area contributed by atoms with Gasteiger partial charge in [0.25, 0.3) is 0 Å². The van der Waals surface area contributed by atoms with Gasteiger partial charge in [-0.3, -0.25) is 4.90 Å². The summed E-state index contributed by atoms with van der Waals surface area (Å²) in [4.78, 5) is 24.3. The Bertz CT molecular complexity index is 379. The molecule has 1 saturated heterocycles. The van der Waals surface area contributed by atoms with E-state index >= 15 is 0 Å². The first-order valence-corrected chi connectivity index (χ1v) is 5.86. The molecule has 1 N–H and O–H groups in total. The van der Waals surface area contributed by atoms with Crippen molar-refractivity contribution in [3.8, 4) is 0 Å². The Kier molecular flexibility index (Phi) is 3.75. The van der Waals surface area contributed by atoms with Gasteiger partial charge in [0.1, 0.15) is 11.8 Å². The van der Waals surface area contributed by atoms with Gasteiger partial charge in [-0.25, -0.2) is 9.59 Å². The van der Waals surface area contributed by atoms with Crippen LogP contribution in [-0.4, -0.2) is 46.5 Å². The number of aliphatic carboxylic acids is 1. The molecule has 6 heteroatoms. The second kappa shape index (κ2) is 5.14. The van der Waals surface area contributed by atoms with Gasteiger partial charge in [-0.2, -0.15) is 0 Å². The van der Waals surface area contributed by atoms with Gasteiger partial charge in [0, 0.05) is 0 Å². The van der Waals surface area contributed by atoms with Crippen LogP contribution in [-0.2, 0) is 14.3 Å². The van der Waals surface area contributed by atoms with E-state index in [-0.39, 0.29) is 12.5 Å². The number of nitrogens with zero attached hydrogens (tertiary/aromatic N) is 1. The van der Waals surface area contributed by atoms with Crippen molar-refractivity contribution in [2.75, 3.05) is 6.61 Å². The fraction of sp³-hybridized carbons (Fsp3) is 0.833. The van der Waals surface area contributed by atoms with Gasteiger partial charge in [-0.15, -0.1) is 0 Å². The first kappa shape index (κ1) is 13.1. The van der Waals surface area contributed by atoms with Gasteiger partial charge in [-0.05, 0) is 26.7 Å². The monoisotopic (exact) mass is 260 g/mol. The van der Waals surface area contributed by atoms with E-state index < -0.39 is 29.9 Å². The molecule has 0 spiro atoms. The minimum Gasteiger partial charge on any atom is -0.480 e. The van der Waals surface area contributed by atoms with E-state index in [0.29, 0.717) is 0 Å². The molecule has 0 aliphatic carbocycles. The molecule has 1 aliphatic rings. The number of carboxylic acid groups (broad SMARTS) is 1. The van der Waals surface area contributed by atoms with E-state index in [2.05, 4.69) is 0 Å². The van der Waals surface area contributed by atoms with E-state index in [4.69, 9.17) is 10.8 Å². The Balaban J connectivity index is 3.06. The molecule has 18 heavy (non-hydrogen) atoms. The SMILES string of the molecule is [2H][C@]1(C(=O)O)CO[C@@H](C(C)C)N1C(=O)OC(C)(C)C. The average molecular weight is 260 g/mol. The zero-order chi connectivity index (χ0) is 15.0. The summed E-state index contributed by atoms with van der Waals surface area (Å²) in [6.07, 6.45) is -1.62. The number of ether oxygens (including phenoxy) is 2. The molecule has 1 heterocycles. The number of carbonyl (C=O) groups is 2. The molecular formula is C12H21NO5. The first-order chi connectivity index (χ1) is 8.49. The molecule has 0 unspecified atom stereocenters. The Morgan fingerprint density at radius 1 is 1.50 bits per heavy atom. The Morgan fingerprint density at radius 3 is 2.44 bits per heavy atom. The van der Waals surface area contributed by atoms with E-state index in [9.17, 15) is 14.7 Å². The summed E-state index contributed by atoms with van der Waals surface area (Å²) in [5.74, 6) is -1.57. The Labute approximate surface area is 108 Å². The summed E-state index contributed by atoms with van der Waals surface area (Å²) in [6.45, 7) is 8.24. The van der Waals surface area contributed by atoms with E-state index in [1.807, 2.05) is 0 Å². The van der Waals surface area contributed by atoms with Crippen molar-refractivity contribution in [2.24, 2.45) is 5.92 Å². The molecule has 1 rings (SSSR count). The summed E-state index contributed by atoms with van der Waals surface area (Å²) in [5, 5.41) is 9.17. The van der Waals surface area contributed by atoms with Crippen molar-refractivity contribution in [3.05, 3.63) is 0 Å². The van der Waals surface area contributed by atoms with Crippen LogP contribution in [0.5, 0.6) is 0 Å². The molecule has 6 nitrogen and oxygen atoms in total. The first-order valence-electron chi connectivity index (χ1n) is 6.36. The highest BCUT2D eigenvalue weighted by Crippen LogP contribution is 2.25. The van der Waals surface area contributed by atoms with Gasteiger partial charge in [0.05, 0.1) is 7.98 Å². The van der Waals surface area contributed by atoms with Crippen LogP contribution >= 0.6 is 0 Å². The Hall–Kier alpha value is -1.30. The van der Waals surface area contributed by atoms with Crippen LogP contribution in [0, 0.1) is 5.92 Å². The third kappa shape index (κ3) is 3.35. The third-order valence-electron chi connectivity index (χ3n) is 2.34. The standard InChI is InChI=1S/C12H21NO5/c1-7(2)9-13(8(6-17-9)10(14)15)11(16)18-12(3,4)5/h7-9H,6H2,1-5H3,(H,14,15)/t8-,9+/m1/s1/i8D. The lowest BCUT2D eigenvalue weighted by atomic mass is 10.1. The molecule has 0 aromatic carbocycles. The zero-order valence-electron chi connectivity index (χ0n) is 12.4. The predicted molar refractivity (Wildman–Crippen MR) is 64.1 cm³/mol. The molecule has 2 atom stereocenters. The lowest BCUT2D eigenvalue weighted by Gasteiger charge is -2.31. The molecule has 0 aromatic heterocycles. The van der Waals surface area contributed by atoms with Crippen molar-refractivity contribution in [3.63, 3.8) is 0 Å². The highest BCUT2D eigenvalue weighted by molar-refractivity contribution is 5.81. The number of carbonyl (C=O) groups excluding carboxylic acids is 1. The van der Waals surface area contributed by atoms with Crippen LogP contribution in [0.1, 0.15) is 36.0 Å². The van der Waals surface area contributed by atoms with Gasteiger partial charge in [0.2, 0.25) is 0 Å². The van der Waals surface area contributed by atoms with Crippen LogP contribution in [0.2, 0.25) is 0 Å². The number of hydrogen-bond acceptors (Lipinski definition) is 4. The predicted octanol–water partition coefficient (Wildman–Crippen LogP) is 1.69. The topological polar surface area (TPSA) is 76.1 Å². The summed E-state index contributed by atoms with van der Waals surface area (Å²) >= 11 is 0. The van der Waals surface area contributed by atoms with Crippen LogP contribution < -0.4 is 0 Å². The molecule has 1 amide bonds. The summed E-state index contributed by atoms with van der Waals surface area (Å²) in [5.41, 5.74) is -0.763. The highest BCUT2D eigenvalue weighted by Gasteiger charge is 2.45. The summed E-state index contributed by atoms with van der Waals surface area (Å²) < 4.78 is 18.4. The average Bonchev–Trinajstić information content (AvgIpc) is 2.54. The van der Waals surface area contributed by atoms with Crippen molar-refractivity contribution in [1.29, 1.82) is 0 Å². The third-order valence-corrected chi connectivity index (χ3v) is 2.34. The molecule has 1 fully saturated rings. The van der Waals surface area contributed by atoms with E-state index in [1.54, 1.807) is 34.6 Å². The van der Waals surface area contributed by atoms with Crippen LogP contribution in [0.4, 0.5) is 4.79 Å². The van der Waals surface area contributed by atoms with Crippen molar-refractivity contribution >= 4 is 12.1 Å². The second-order valence-electron chi connectivity index (χ2n) is 5.55. The lowest BCUT2D eigenvalue weighted by Crippen LogP contribution is -2.49. The smallest absolute Gasteiger partial charge is 0.413 e. The molecule has 104 valence electrons. The molecule has 0 saturated carbocycles. The normalized spacial score (nSPS) is 29.3. The highest BCUT2D eigenvalue weighted by atomic mass is 16.6. The van der Waals surface area contributed by atoms with Crippen molar-refractivity contribution < 1.29 is 25.5 Å². The zero-order valence-corrected chi connectivity index (χ0v) is 11.4. The fourth-order valence-corrected chi connectivity index (χ4v) is 1.64. The van der Waals surface area contributed by atoms with Crippen molar-refractivity contribution in [1.82, 2.24) is 4.90 Å². The van der Waals surface area contributed by atoms with Gasteiger partial charge < -0.3 is 14.6 Å². The van der Waals surface area contributed by atoms with Gasteiger partial charge in [0.15, 0.2) is 6.02 Å². The quantitative estimate of drug-likeness (QED) is 0.817. The fourth-order valence-electron chi connectivity index (χ4n) is 1.64. The summed E-state index contributed by atoms with van der Waals surface area (Å²) in [6, 6.07) is -2.14. The summed E-state index contributed by atoms with van der Waals surface area (Å²) in [7, 11) is 0.